The molecule has 0 nitrogen and oxygen atoms in total. The van der Waals surface area contributed by atoms with Crippen LogP contribution >= 0.6 is 7.92 Å². The maximum atomic E-state index is 4.31. The lowest BCUT2D eigenvalue weighted by Crippen LogP contribution is -1.93. The minimum Gasteiger partial charge on any atom is -0.0956 e. The molecule has 0 radical (unpaired) electrons. The molecule has 0 aromatic heterocycles. The van der Waals surface area contributed by atoms with Gasteiger partial charge in [-0.15, -0.1) is 0 Å². The molecule has 0 amide bonds. The molecule has 168 valence electrons. The largest absolute Gasteiger partial charge is 0.0956 e. The van der Waals surface area contributed by atoms with Crippen molar-refractivity contribution < 1.29 is 0 Å². The highest BCUT2D eigenvalue weighted by Gasteiger charge is 2.08. The van der Waals surface area contributed by atoms with E-state index in [0.717, 1.165) is 0 Å². The van der Waals surface area contributed by atoms with Gasteiger partial charge in [-0.05, 0) is 32.1 Å². The summed E-state index contributed by atoms with van der Waals surface area (Å²) >= 11 is 0. The van der Waals surface area contributed by atoms with E-state index in [4.69, 9.17) is 0 Å². The van der Waals surface area contributed by atoms with Crippen LogP contribution in [0.5, 0.6) is 0 Å². The number of allylic oxidation sites excluding steroid dienone is 1. The molecule has 0 spiro atoms. The number of rotatable bonds is 23. The molecule has 28 heavy (non-hydrogen) atoms. The van der Waals surface area contributed by atoms with Crippen molar-refractivity contribution in [2.24, 2.45) is 0 Å². The van der Waals surface area contributed by atoms with E-state index < -0.39 is 0 Å². The van der Waals surface area contributed by atoms with E-state index in [1.165, 1.54) is 146 Å². The molecule has 0 aliphatic rings. The van der Waals surface area contributed by atoms with Gasteiger partial charge >= 0.3 is 0 Å². The molecule has 0 fully saturated rings. The second-order valence-corrected chi connectivity index (χ2v) is 11.8. The molecule has 0 atom stereocenters. The van der Waals surface area contributed by atoms with Crippen molar-refractivity contribution in [2.75, 3.05) is 12.3 Å². The van der Waals surface area contributed by atoms with Crippen molar-refractivity contribution >= 4 is 7.92 Å². The highest BCUT2D eigenvalue weighted by Crippen LogP contribution is 2.45. The minimum absolute atomic E-state index is 0.117. The third-order valence-electron chi connectivity index (χ3n) is 6.10. The van der Waals surface area contributed by atoms with Crippen molar-refractivity contribution in [3.05, 3.63) is 11.9 Å². The lowest BCUT2D eigenvalue weighted by molar-refractivity contribution is 0.561. The van der Waals surface area contributed by atoms with E-state index in [0.29, 0.717) is 0 Å². The number of unbranched alkanes of at least 4 members (excludes halogenated alkanes) is 18. The predicted octanol–water partition coefficient (Wildman–Crippen LogP) is 10.8. The molecule has 0 aliphatic heterocycles. The molecule has 0 saturated carbocycles. The zero-order chi connectivity index (χ0) is 20.7. The Labute approximate surface area is 181 Å². The van der Waals surface area contributed by atoms with Gasteiger partial charge in [-0.3, -0.25) is 0 Å². The van der Waals surface area contributed by atoms with E-state index in [2.05, 4.69) is 27.4 Å². The van der Waals surface area contributed by atoms with Crippen LogP contribution in [0, 0.1) is 0 Å². The monoisotopic (exact) mass is 410 g/mol. The fourth-order valence-corrected chi connectivity index (χ4v) is 6.27. The SMILES string of the molecule is C=C(C)P(CCCCCCCCCCCC)CCCCCCCCCCCC. The fraction of sp³-hybridized carbons (Fsp3) is 0.926. The number of hydrogen-bond donors (Lipinski definition) is 0. The molecule has 0 unspecified atom stereocenters. The van der Waals surface area contributed by atoms with E-state index in [1.807, 2.05) is 0 Å². The van der Waals surface area contributed by atoms with Gasteiger partial charge in [0.2, 0.25) is 0 Å². The molecule has 1 heteroatoms. The molecule has 0 aromatic rings. The van der Waals surface area contributed by atoms with Crippen LogP contribution in [0.2, 0.25) is 0 Å². The van der Waals surface area contributed by atoms with Crippen LogP contribution in [0.1, 0.15) is 149 Å². The highest BCUT2D eigenvalue weighted by atomic mass is 31.1. The van der Waals surface area contributed by atoms with Crippen LogP contribution in [-0.4, -0.2) is 12.3 Å². The quantitative estimate of drug-likeness (QED) is 0.116. The molecule has 0 aromatic carbocycles. The second kappa shape index (κ2) is 23.4. The second-order valence-electron chi connectivity index (χ2n) is 9.09. The molecule has 0 bridgehead atoms. The smallest absolute Gasteiger partial charge is 0.0289 e. The van der Waals surface area contributed by atoms with Gasteiger partial charge in [0, 0.05) is 0 Å². The average molecular weight is 411 g/mol. The Morgan fingerprint density at radius 3 is 0.964 bits per heavy atom. The summed E-state index contributed by atoms with van der Waals surface area (Å²) in [7, 11) is 0.117. The van der Waals surface area contributed by atoms with Gasteiger partial charge in [0.05, 0.1) is 0 Å². The van der Waals surface area contributed by atoms with Crippen LogP contribution in [-0.2, 0) is 0 Å². The normalized spacial score (nSPS) is 11.4. The summed E-state index contributed by atoms with van der Waals surface area (Å²) in [6.45, 7) is 11.2. The van der Waals surface area contributed by atoms with Crippen LogP contribution in [0.25, 0.3) is 0 Å². The van der Waals surface area contributed by atoms with Gasteiger partial charge < -0.3 is 0 Å². The molecule has 0 N–H and O–H groups in total. The molecule has 0 rings (SSSR count). The van der Waals surface area contributed by atoms with Gasteiger partial charge in [-0.25, -0.2) is 0 Å². The third kappa shape index (κ3) is 20.9. The maximum Gasteiger partial charge on any atom is -0.0289 e. The third-order valence-corrected chi connectivity index (χ3v) is 8.89. The Balaban J connectivity index is 3.45. The van der Waals surface area contributed by atoms with Crippen molar-refractivity contribution in [1.82, 2.24) is 0 Å². The molecular formula is C27H55P. The summed E-state index contributed by atoms with van der Waals surface area (Å²) in [4.78, 5) is 0. The van der Waals surface area contributed by atoms with Crippen molar-refractivity contribution in [3.8, 4) is 0 Å². The van der Waals surface area contributed by atoms with Gasteiger partial charge in [-0.1, -0.05) is 149 Å². The summed E-state index contributed by atoms with van der Waals surface area (Å²) < 4.78 is 0. The Bertz CT molecular complexity index is 285. The Morgan fingerprint density at radius 2 is 0.714 bits per heavy atom. The molecular weight excluding hydrogens is 355 g/mol. The fourth-order valence-electron chi connectivity index (χ4n) is 4.07. The predicted molar refractivity (Wildman–Crippen MR) is 135 cm³/mol. The zero-order valence-electron chi connectivity index (χ0n) is 20.2. The van der Waals surface area contributed by atoms with E-state index >= 15 is 0 Å². The highest BCUT2D eigenvalue weighted by molar-refractivity contribution is 7.61. The Hall–Kier alpha value is 0.170. The van der Waals surface area contributed by atoms with E-state index in [9.17, 15) is 0 Å². The summed E-state index contributed by atoms with van der Waals surface area (Å²) in [5.41, 5.74) is 0. The lowest BCUT2D eigenvalue weighted by Gasteiger charge is -2.17. The van der Waals surface area contributed by atoms with Gasteiger partial charge in [0.15, 0.2) is 0 Å². The lowest BCUT2D eigenvalue weighted by atomic mass is 10.1. The Kier molecular flexibility index (Phi) is 23.6. The van der Waals surface area contributed by atoms with Crippen LogP contribution in [0.4, 0.5) is 0 Å². The first-order valence-electron chi connectivity index (χ1n) is 13.1. The minimum atomic E-state index is 0.117. The first kappa shape index (κ1) is 28.2. The molecule has 0 saturated heterocycles. The van der Waals surface area contributed by atoms with Crippen LogP contribution in [0.15, 0.2) is 11.9 Å². The maximum absolute atomic E-state index is 4.31. The van der Waals surface area contributed by atoms with Gasteiger partial charge in [0.25, 0.3) is 0 Å². The first-order chi connectivity index (χ1) is 13.7. The van der Waals surface area contributed by atoms with Crippen LogP contribution in [0.3, 0.4) is 0 Å². The van der Waals surface area contributed by atoms with Crippen molar-refractivity contribution in [1.29, 1.82) is 0 Å². The summed E-state index contributed by atoms with van der Waals surface area (Å²) in [5.74, 6) is 0. The zero-order valence-corrected chi connectivity index (χ0v) is 21.1. The van der Waals surface area contributed by atoms with E-state index in [1.54, 1.807) is 0 Å². The number of hydrogen-bond acceptors (Lipinski definition) is 0. The molecule has 0 heterocycles. The average Bonchev–Trinajstić information content (AvgIpc) is 2.68. The first-order valence-corrected chi connectivity index (χ1v) is 14.8. The van der Waals surface area contributed by atoms with E-state index in [-0.39, 0.29) is 7.92 Å². The Morgan fingerprint density at radius 1 is 0.464 bits per heavy atom. The summed E-state index contributed by atoms with van der Waals surface area (Å²) in [5, 5.41) is 1.50. The van der Waals surface area contributed by atoms with Crippen molar-refractivity contribution in [2.45, 2.75) is 149 Å². The summed E-state index contributed by atoms with van der Waals surface area (Å²) in [6, 6.07) is 0. The van der Waals surface area contributed by atoms with Gasteiger partial charge in [-0.2, -0.15) is 0 Å². The topological polar surface area (TPSA) is 0 Å². The molecule has 0 aliphatic carbocycles. The van der Waals surface area contributed by atoms with Crippen LogP contribution < -0.4 is 0 Å². The summed E-state index contributed by atoms with van der Waals surface area (Å²) in [6.07, 6.45) is 31.9. The van der Waals surface area contributed by atoms with Crippen molar-refractivity contribution in [3.63, 3.8) is 0 Å². The standard InChI is InChI=1S/C27H55P/c1-5-7-9-11-13-15-17-19-21-23-25-28(27(3)4)26-24-22-20-18-16-14-12-10-8-6-2/h3,5-26H2,1-2,4H3. The van der Waals surface area contributed by atoms with Gasteiger partial charge in [0.1, 0.15) is 0 Å².